The summed E-state index contributed by atoms with van der Waals surface area (Å²) in [4.78, 5) is 22.7. The van der Waals surface area contributed by atoms with Crippen LogP contribution in [0, 0.1) is 5.41 Å². The maximum Gasteiger partial charge on any atom is 0.274 e. The second kappa shape index (κ2) is 8.89. The number of rotatable bonds is 4. The Labute approximate surface area is 182 Å². The predicted octanol–water partition coefficient (Wildman–Crippen LogP) is 1.43. The van der Waals surface area contributed by atoms with Gasteiger partial charge in [0.1, 0.15) is 16.3 Å². The van der Waals surface area contributed by atoms with Crippen molar-refractivity contribution in [2.24, 2.45) is 5.41 Å². The van der Waals surface area contributed by atoms with Crippen molar-refractivity contribution in [3.8, 4) is 5.75 Å². The van der Waals surface area contributed by atoms with E-state index in [-0.39, 0.29) is 17.3 Å². The Balaban J connectivity index is 1.57. The number of amides is 1. The molecule has 1 fully saturated rings. The van der Waals surface area contributed by atoms with E-state index >= 15 is 0 Å². The van der Waals surface area contributed by atoms with E-state index in [1.54, 1.807) is 36.3 Å². The molecule has 0 saturated carbocycles. The number of methoxy groups -OCH3 is 1. The monoisotopic (exact) mass is 446 g/mol. The van der Waals surface area contributed by atoms with Gasteiger partial charge in [-0.3, -0.25) is 9.78 Å². The molecule has 31 heavy (non-hydrogen) atoms. The standard InChI is InChI=1S/C21H26N4O5S/c1-29-13-12-25-15-21(16-30-18-4-2-3-5-19(18)31(25,27)28)6-10-24(11-7-21)20(26)17-14-22-8-9-23-17/h2-5,8-9,14H,6-7,10-13,15-16H2,1H3. The van der Waals surface area contributed by atoms with Crippen LogP contribution in [0.15, 0.2) is 47.8 Å². The first kappa shape index (κ1) is 21.7. The van der Waals surface area contributed by atoms with Gasteiger partial charge in [0.2, 0.25) is 10.0 Å². The zero-order valence-electron chi connectivity index (χ0n) is 17.4. The summed E-state index contributed by atoms with van der Waals surface area (Å²) in [6.45, 7) is 2.26. The minimum atomic E-state index is -3.73. The molecule has 1 saturated heterocycles. The van der Waals surface area contributed by atoms with Crippen molar-refractivity contribution < 1.29 is 22.7 Å². The molecule has 0 radical (unpaired) electrons. The first-order chi connectivity index (χ1) is 15.0. The fraction of sp³-hybridized carbons (Fsp3) is 0.476. The molecule has 0 N–H and O–H groups in total. The molecule has 0 atom stereocenters. The van der Waals surface area contributed by atoms with E-state index in [0.717, 1.165) is 0 Å². The van der Waals surface area contributed by atoms with Gasteiger partial charge in [-0.05, 0) is 25.0 Å². The van der Waals surface area contributed by atoms with E-state index in [0.29, 0.717) is 57.1 Å². The first-order valence-electron chi connectivity index (χ1n) is 10.2. The minimum absolute atomic E-state index is 0.163. The summed E-state index contributed by atoms with van der Waals surface area (Å²) in [6, 6.07) is 6.73. The highest BCUT2D eigenvalue weighted by Crippen LogP contribution is 2.39. The van der Waals surface area contributed by atoms with Crippen LogP contribution in [0.2, 0.25) is 0 Å². The third kappa shape index (κ3) is 4.41. The van der Waals surface area contributed by atoms with Crippen LogP contribution in [0.25, 0.3) is 0 Å². The summed E-state index contributed by atoms with van der Waals surface area (Å²) in [5.74, 6) is 0.200. The second-order valence-corrected chi connectivity index (χ2v) is 9.86. The van der Waals surface area contributed by atoms with Crippen LogP contribution in [-0.4, -0.2) is 80.0 Å². The summed E-state index contributed by atoms with van der Waals surface area (Å²) in [7, 11) is -2.18. The molecule has 0 bridgehead atoms. The molecule has 1 amide bonds. The highest BCUT2D eigenvalue weighted by molar-refractivity contribution is 7.89. The molecule has 4 rings (SSSR count). The molecule has 0 aliphatic carbocycles. The van der Waals surface area contributed by atoms with Gasteiger partial charge in [-0.1, -0.05) is 12.1 Å². The van der Waals surface area contributed by atoms with Gasteiger partial charge >= 0.3 is 0 Å². The third-order valence-corrected chi connectivity index (χ3v) is 7.84. The normalized spacial score (nSPS) is 20.4. The molecule has 1 aromatic carbocycles. The van der Waals surface area contributed by atoms with E-state index < -0.39 is 15.4 Å². The Bertz CT molecular complexity index is 1020. The molecular weight excluding hydrogens is 420 g/mol. The van der Waals surface area contributed by atoms with Crippen LogP contribution in [0.5, 0.6) is 5.75 Å². The van der Waals surface area contributed by atoms with Gasteiger partial charge < -0.3 is 14.4 Å². The van der Waals surface area contributed by atoms with Crippen molar-refractivity contribution >= 4 is 15.9 Å². The molecule has 2 aromatic rings. The Morgan fingerprint density at radius 1 is 1.23 bits per heavy atom. The molecule has 2 aliphatic rings. The average molecular weight is 447 g/mol. The number of hydrogen-bond donors (Lipinski definition) is 0. The van der Waals surface area contributed by atoms with E-state index in [1.165, 1.54) is 22.9 Å². The van der Waals surface area contributed by atoms with Crippen LogP contribution in [-0.2, 0) is 14.8 Å². The molecule has 0 unspecified atom stereocenters. The summed E-state index contributed by atoms with van der Waals surface area (Å²) in [5, 5.41) is 0. The highest BCUT2D eigenvalue weighted by atomic mass is 32.2. The van der Waals surface area contributed by atoms with Gasteiger partial charge in [0.05, 0.1) is 19.4 Å². The minimum Gasteiger partial charge on any atom is -0.492 e. The van der Waals surface area contributed by atoms with Gasteiger partial charge in [-0.25, -0.2) is 13.4 Å². The summed E-state index contributed by atoms with van der Waals surface area (Å²) in [5.41, 5.74) is -0.0846. The number of benzene rings is 1. The number of piperidine rings is 1. The summed E-state index contributed by atoms with van der Waals surface area (Å²) < 4.78 is 39.4. The summed E-state index contributed by atoms with van der Waals surface area (Å²) in [6.07, 6.45) is 5.74. The molecule has 1 aromatic heterocycles. The fourth-order valence-electron chi connectivity index (χ4n) is 4.11. The number of ether oxygens (including phenoxy) is 2. The summed E-state index contributed by atoms with van der Waals surface area (Å²) >= 11 is 0. The maximum absolute atomic E-state index is 13.4. The Morgan fingerprint density at radius 3 is 2.71 bits per heavy atom. The van der Waals surface area contributed by atoms with E-state index in [9.17, 15) is 13.2 Å². The van der Waals surface area contributed by atoms with Crippen LogP contribution >= 0.6 is 0 Å². The lowest BCUT2D eigenvalue weighted by atomic mass is 9.78. The van der Waals surface area contributed by atoms with Crippen molar-refractivity contribution in [1.82, 2.24) is 19.2 Å². The number of likely N-dealkylation sites (tertiary alicyclic amines) is 1. The lowest BCUT2D eigenvalue weighted by Crippen LogP contribution is -2.53. The number of para-hydroxylation sites is 1. The zero-order valence-corrected chi connectivity index (χ0v) is 18.3. The highest BCUT2D eigenvalue weighted by Gasteiger charge is 2.43. The van der Waals surface area contributed by atoms with Gasteiger partial charge in [-0.15, -0.1) is 0 Å². The maximum atomic E-state index is 13.4. The molecule has 166 valence electrons. The first-order valence-corrected chi connectivity index (χ1v) is 11.7. The van der Waals surface area contributed by atoms with Crippen molar-refractivity contribution in [1.29, 1.82) is 0 Å². The van der Waals surface area contributed by atoms with Crippen molar-refractivity contribution in [3.05, 3.63) is 48.5 Å². The zero-order chi connectivity index (χ0) is 21.9. The fourth-order valence-corrected chi connectivity index (χ4v) is 5.78. The van der Waals surface area contributed by atoms with Crippen molar-refractivity contribution in [2.45, 2.75) is 17.7 Å². The van der Waals surface area contributed by atoms with Crippen LogP contribution < -0.4 is 4.74 Å². The van der Waals surface area contributed by atoms with Gasteiger partial charge in [0.15, 0.2) is 0 Å². The number of carbonyl (C=O) groups excluding carboxylic acids is 1. The van der Waals surface area contributed by atoms with Gasteiger partial charge in [0, 0.05) is 51.1 Å². The number of fused-ring (bicyclic) bond motifs is 1. The average Bonchev–Trinajstić information content (AvgIpc) is 2.80. The SMILES string of the molecule is COCCN1CC2(CCN(C(=O)c3cnccn3)CC2)COc2ccccc2S1(=O)=O. The van der Waals surface area contributed by atoms with Crippen molar-refractivity contribution in [3.63, 3.8) is 0 Å². The Hall–Kier alpha value is -2.56. The van der Waals surface area contributed by atoms with E-state index in [4.69, 9.17) is 9.47 Å². The van der Waals surface area contributed by atoms with Crippen molar-refractivity contribution in [2.75, 3.05) is 46.5 Å². The molecule has 3 heterocycles. The Morgan fingerprint density at radius 2 is 2.00 bits per heavy atom. The molecular formula is C21H26N4O5S. The lowest BCUT2D eigenvalue weighted by molar-refractivity contribution is 0.0273. The second-order valence-electron chi connectivity index (χ2n) is 7.95. The van der Waals surface area contributed by atoms with Gasteiger partial charge in [-0.2, -0.15) is 4.31 Å². The molecule has 10 heteroatoms. The van der Waals surface area contributed by atoms with E-state index in [2.05, 4.69) is 9.97 Å². The third-order valence-electron chi connectivity index (χ3n) is 5.95. The largest absolute Gasteiger partial charge is 0.492 e. The lowest BCUT2D eigenvalue weighted by Gasteiger charge is -2.44. The number of carbonyl (C=O) groups is 1. The number of aromatic nitrogens is 2. The smallest absolute Gasteiger partial charge is 0.274 e. The van der Waals surface area contributed by atoms with Crippen LogP contribution in [0.1, 0.15) is 23.3 Å². The molecule has 9 nitrogen and oxygen atoms in total. The van der Waals surface area contributed by atoms with Crippen LogP contribution in [0.4, 0.5) is 0 Å². The van der Waals surface area contributed by atoms with E-state index in [1.807, 2.05) is 0 Å². The number of nitrogens with zero attached hydrogens (tertiary/aromatic N) is 4. The molecule has 1 spiro atoms. The topological polar surface area (TPSA) is 102 Å². The quantitative estimate of drug-likeness (QED) is 0.700. The molecule has 2 aliphatic heterocycles. The Kier molecular flexibility index (Phi) is 6.22. The van der Waals surface area contributed by atoms with Crippen LogP contribution in [0.3, 0.4) is 0 Å². The number of sulfonamides is 1. The predicted molar refractivity (Wildman–Crippen MR) is 112 cm³/mol. The number of hydrogen-bond acceptors (Lipinski definition) is 7. The van der Waals surface area contributed by atoms with Gasteiger partial charge in [0.25, 0.3) is 5.91 Å².